The Morgan fingerprint density at radius 2 is 1.85 bits per heavy atom. The number of alkyl halides is 3. The molecule has 3 heterocycles. The minimum atomic E-state index is -4.89. The first-order valence-corrected chi connectivity index (χ1v) is 9.85. The van der Waals surface area contributed by atoms with Crippen molar-refractivity contribution < 1.29 is 23.1 Å². The van der Waals surface area contributed by atoms with E-state index in [2.05, 4.69) is 25.6 Å². The molecule has 13 heteroatoms. The van der Waals surface area contributed by atoms with E-state index in [0.29, 0.717) is 0 Å². The van der Waals surface area contributed by atoms with E-state index in [1.54, 1.807) is 18.2 Å². The zero-order chi connectivity index (χ0) is 23.6. The Kier molecular flexibility index (Phi) is 6.11. The number of pyridine rings is 1. The van der Waals surface area contributed by atoms with Gasteiger partial charge in [-0.25, -0.2) is 4.98 Å². The molecule has 0 saturated carbocycles. The normalized spacial score (nSPS) is 11.5. The maximum absolute atomic E-state index is 14.1. The second-order valence-corrected chi connectivity index (χ2v) is 7.09. The molecular formula is C20H15ClF3N7O2. The number of hydrogen-bond donors (Lipinski definition) is 2. The van der Waals surface area contributed by atoms with E-state index >= 15 is 0 Å². The van der Waals surface area contributed by atoms with Crippen LogP contribution in [0.2, 0.25) is 5.02 Å². The lowest BCUT2D eigenvalue weighted by atomic mass is 10.0. The number of benzene rings is 1. The molecule has 0 bridgehead atoms. The molecule has 0 fully saturated rings. The standard InChI is InChI=1S/C20H15ClF3N7O2/c21-14-10-13(11-25-18(14)31-26-6-7-27-31)28-19(33)17-15(20(22,23)24)16(29-30(17)8-9-32)12-4-2-1-3-5-12/h1-7,10-11,32H,8-9H2,(H,28,33). The van der Waals surface area contributed by atoms with Gasteiger partial charge in [-0.15, -0.1) is 4.80 Å². The van der Waals surface area contributed by atoms with Gasteiger partial charge in [0.1, 0.15) is 17.0 Å². The van der Waals surface area contributed by atoms with Crippen molar-refractivity contribution >= 4 is 23.2 Å². The average Bonchev–Trinajstić information content (AvgIpc) is 3.43. The summed E-state index contributed by atoms with van der Waals surface area (Å²) in [4.78, 5) is 18.2. The van der Waals surface area contributed by atoms with E-state index in [1.807, 2.05) is 0 Å². The number of amides is 1. The molecule has 2 N–H and O–H groups in total. The van der Waals surface area contributed by atoms with Crippen molar-refractivity contribution in [3.63, 3.8) is 0 Å². The van der Waals surface area contributed by atoms with Crippen molar-refractivity contribution in [1.82, 2.24) is 29.8 Å². The van der Waals surface area contributed by atoms with E-state index < -0.39 is 35.6 Å². The number of aliphatic hydroxyl groups excluding tert-OH is 1. The topological polar surface area (TPSA) is 111 Å². The number of halogens is 4. The quantitative estimate of drug-likeness (QED) is 0.440. The Balaban J connectivity index is 1.75. The van der Waals surface area contributed by atoms with Gasteiger partial charge in [0.05, 0.1) is 42.5 Å². The van der Waals surface area contributed by atoms with Gasteiger partial charge in [-0.05, 0) is 6.07 Å². The van der Waals surface area contributed by atoms with Crippen LogP contribution >= 0.6 is 11.6 Å². The van der Waals surface area contributed by atoms with Crippen molar-refractivity contribution in [1.29, 1.82) is 0 Å². The summed E-state index contributed by atoms with van der Waals surface area (Å²) >= 11 is 6.17. The third-order valence-electron chi connectivity index (χ3n) is 4.50. The molecule has 4 aromatic rings. The summed E-state index contributed by atoms with van der Waals surface area (Å²) in [6.07, 6.45) is -0.852. The van der Waals surface area contributed by atoms with Crippen molar-refractivity contribution in [2.45, 2.75) is 12.7 Å². The molecule has 170 valence electrons. The smallest absolute Gasteiger partial charge is 0.394 e. The molecule has 4 rings (SSSR count). The highest BCUT2D eigenvalue weighted by molar-refractivity contribution is 6.32. The monoisotopic (exact) mass is 477 g/mol. The molecule has 1 amide bonds. The molecule has 0 saturated heterocycles. The minimum Gasteiger partial charge on any atom is -0.394 e. The van der Waals surface area contributed by atoms with Crippen molar-refractivity contribution in [2.24, 2.45) is 0 Å². The fourth-order valence-electron chi connectivity index (χ4n) is 3.18. The summed E-state index contributed by atoms with van der Waals surface area (Å²) in [5.41, 5.74) is -2.15. The van der Waals surface area contributed by atoms with Crippen LogP contribution in [0.15, 0.2) is 55.0 Å². The number of carbonyl (C=O) groups excluding carboxylic acids is 1. The van der Waals surface area contributed by atoms with Crippen LogP contribution in [0.5, 0.6) is 0 Å². The van der Waals surface area contributed by atoms with Crippen LogP contribution in [-0.4, -0.2) is 47.4 Å². The number of carbonyl (C=O) groups is 1. The molecule has 33 heavy (non-hydrogen) atoms. The van der Waals surface area contributed by atoms with E-state index in [1.165, 1.54) is 36.8 Å². The van der Waals surface area contributed by atoms with Crippen LogP contribution in [0.3, 0.4) is 0 Å². The highest BCUT2D eigenvalue weighted by atomic mass is 35.5. The third-order valence-corrected chi connectivity index (χ3v) is 4.78. The molecule has 1 aromatic carbocycles. The van der Waals surface area contributed by atoms with Crippen molar-refractivity contribution in [3.8, 4) is 17.1 Å². The summed E-state index contributed by atoms with van der Waals surface area (Å²) < 4.78 is 43.1. The minimum absolute atomic E-state index is 0.0482. The Hall–Kier alpha value is -3.77. The summed E-state index contributed by atoms with van der Waals surface area (Å²) in [6, 6.07) is 8.98. The lowest BCUT2D eigenvalue weighted by Gasteiger charge is -2.12. The van der Waals surface area contributed by atoms with E-state index in [-0.39, 0.29) is 28.6 Å². The first-order chi connectivity index (χ1) is 15.8. The van der Waals surface area contributed by atoms with Gasteiger partial charge in [0.15, 0.2) is 5.82 Å². The molecule has 0 atom stereocenters. The lowest BCUT2D eigenvalue weighted by Crippen LogP contribution is -2.23. The summed E-state index contributed by atoms with van der Waals surface area (Å²) in [5, 5.41) is 23.5. The number of rotatable bonds is 6. The number of aliphatic hydroxyl groups is 1. The average molecular weight is 478 g/mol. The molecule has 0 aliphatic carbocycles. The fraction of sp³-hybridized carbons (Fsp3) is 0.150. The Bertz CT molecular complexity index is 1280. The Morgan fingerprint density at radius 3 is 2.45 bits per heavy atom. The number of hydrogen-bond acceptors (Lipinski definition) is 6. The maximum Gasteiger partial charge on any atom is 0.420 e. The van der Waals surface area contributed by atoms with E-state index in [4.69, 9.17) is 11.6 Å². The van der Waals surface area contributed by atoms with Crippen LogP contribution in [0, 0.1) is 0 Å². The second-order valence-electron chi connectivity index (χ2n) is 6.68. The molecule has 0 radical (unpaired) electrons. The van der Waals surface area contributed by atoms with Gasteiger partial charge in [0.25, 0.3) is 5.91 Å². The predicted octanol–water partition coefficient (Wildman–Crippen LogP) is 3.44. The molecule has 0 aliphatic rings. The first-order valence-electron chi connectivity index (χ1n) is 9.47. The van der Waals surface area contributed by atoms with Crippen LogP contribution in [0.25, 0.3) is 17.1 Å². The Labute approximate surface area is 189 Å². The third kappa shape index (κ3) is 4.56. The van der Waals surface area contributed by atoms with Crippen molar-refractivity contribution in [3.05, 3.63) is 71.3 Å². The first kappa shape index (κ1) is 22.4. The predicted molar refractivity (Wildman–Crippen MR) is 112 cm³/mol. The summed E-state index contributed by atoms with van der Waals surface area (Å²) in [7, 11) is 0. The van der Waals surface area contributed by atoms with Gasteiger partial charge in [0, 0.05) is 5.56 Å². The number of anilines is 1. The Morgan fingerprint density at radius 1 is 1.15 bits per heavy atom. The van der Waals surface area contributed by atoms with Gasteiger partial charge in [-0.1, -0.05) is 41.9 Å². The van der Waals surface area contributed by atoms with Gasteiger partial charge in [-0.3, -0.25) is 9.48 Å². The zero-order valence-electron chi connectivity index (χ0n) is 16.7. The molecule has 3 aromatic heterocycles. The highest BCUT2D eigenvalue weighted by Gasteiger charge is 2.42. The van der Waals surface area contributed by atoms with E-state index in [9.17, 15) is 23.1 Å². The fourth-order valence-corrected chi connectivity index (χ4v) is 3.42. The molecule has 0 aliphatic heterocycles. The highest BCUT2D eigenvalue weighted by Crippen LogP contribution is 2.39. The maximum atomic E-state index is 14.1. The molecule has 0 unspecified atom stereocenters. The van der Waals surface area contributed by atoms with Gasteiger partial charge in [-0.2, -0.15) is 28.5 Å². The molecule has 9 nitrogen and oxygen atoms in total. The molecule has 0 spiro atoms. The number of nitrogens with one attached hydrogen (secondary N) is 1. The SMILES string of the molecule is O=C(Nc1cnc(-n2nccn2)c(Cl)c1)c1c(C(F)(F)F)c(-c2ccccc2)nn1CCO. The zero-order valence-corrected chi connectivity index (χ0v) is 17.4. The van der Waals surface area contributed by atoms with Crippen molar-refractivity contribution in [2.75, 3.05) is 11.9 Å². The van der Waals surface area contributed by atoms with Gasteiger partial charge >= 0.3 is 6.18 Å². The molecular weight excluding hydrogens is 463 g/mol. The number of nitrogens with zero attached hydrogens (tertiary/aromatic N) is 6. The van der Waals surface area contributed by atoms with Gasteiger partial charge < -0.3 is 10.4 Å². The number of aromatic nitrogens is 6. The van der Waals surface area contributed by atoms with Crippen LogP contribution in [-0.2, 0) is 12.7 Å². The lowest BCUT2D eigenvalue weighted by molar-refractivity contribution is -0.137. The van der Waals surface area contributed by atoms with Crippen LogP contribution in [0.1, 0.15) is 16.1 Å². The summed E-state index contributed by atoms with van der Waals surface area (Å²) in [6.45, 7) is -0.839. The second kappa shape index (κ2) is 9.00. The van der Waals surface area contributed by atoms with Gasteiger partial charge in [0.2, 0.25) is 0 Å². The largest absolute Gasteiger partial charge is 0.420 e. The summed E-state index contributed by atoms with van der Waals surface area (Å²) in [5.74, 6) is -0.916. The van der Waals surface area contributed by atoms with E-state index in [0.717, 1.165) is 9.48 Å². The van der Waals surface area contributed by atoms with Crippen LogP contribution < -0.4 is 5.32 Å². The van der Waals surface area contributed by atoms with Crippen LogP contribution in [0.4, 0.5) is 18.9 Å².